The molecule has 0 saturated heterocycles. The van der Waals surface area contributed by atoms with Gasteiger partial charge in [0, 0.05) is 29.8 Å². The first-order valence-electron chi connectivity index (χ1n) is 10.8. The monoisotopic (exact) mass is 484 g/mol. The number of rotatable bonds is 6. The molecule has 6 nitrogen and oxygen atoms in total. The Bertz CT molecular complexity index is 1240. The van der Waals surface area contributed by atoms with E-state index in [4.69, 9.17) is 4.74 Å². The Balaban J connectivity index is 1.68. The first-order valence-corrected chi connectivity index (χ1v) is 10.8. The second-order valence-electron chi connectivity index (χ2n) is 8.28. The maximum Gasteiger partial charge on any atom is 0.573 e. The van der Waals surface area contributed by atoms with Gasteiger partial charge in [-0.25, -0.2) is 0 Å². The lowest BCUT2D eigenvalue weighted by atomic mass is 9.82. The van der Waals surface area contributed by atoms with Gasteiger partial charge in [0.2, 0.25) is 5.91 Å². The molecule has 0 radical (unpaired) electrons. The summed E-state index contributed by atoms with van der Waals surface area (Å²) in [5.74, 6) is -0.651. The van der Waals surface area contributed by atoms with Crippen molar-refractivity contribution in [2.24, 2.45) is 0 Å². The highest BCUT2D eigenvalue weighted by Crippen LogP contribution is 2.37. The number of amides is 2. The Kier molecular flexibility index (Phi) is 6.43. The highest BCUT2D eigenvalue weighted by Gasteiger charge is 2.47. The lowest BCUT2D eigenvalue weighted by Gasteiger charge is -2.44. The average Bonchev–Trinajstić information content (AvgIpc) is 2.82. The molecule has 1 N–H and O–H groups in total. The lowest BCUT2D eigenvalue weighted by molar-refractivity contribution is -0.274. The molecule has 0 fully saturated rings. The molecule has 2 amide bonds. The Morgan fingerprint density at radius 3 is 2.37 bits per heavy atom. The van der Waals surface area contributed by atoms with Gasteiger partial charge < -0.3 is 14.8 Å². The molecule has 4 rings (SSSR count). The van der Waals surface area contributed by atoms with Crippen LogP contribution >= 0.6 is 0 Å². The van der Waals surface area contributed by atoms with Crippen molar-refractivity contribution >= 4 is 17.5 Å². The number of anilines is 1. The van der Waals surface area contributed by atoms with Gasteiger partial charge in [0.05, 0.1) is 7.11 Å². The van der Waals surface area contributed by atoms with Crippen LogP contribution in [0.5, 0.6) is 11.5 Å². The first kappa shape index (κ1) is 24.1. The average molecular weight is 484 g/mol. The maximum absolute atomic E-state index is 13.6. The summed E-state index contributed by atoms with van der Waals surface area (Å²) in [6, 6.07) is 19.1. The molecular weight excluding hydrogens is 461 g/mol. The van der Waals surface area contributed by atoms with Crippen LogP contribution in [-0.2, 0) is 17.8 Å². The Morgan fingerprint density at radius 2 is 1.69 bits per heavy atom. The van der Waals surface area contributed by atoms with Crippen LogP contribution in [-0.4, -0.2) is 30.8 Å². The predicted octanol–water partition coefficient (Wildman–Crippen LogP) is 4.87. The lowest BCUT2D eigenvalue weighted by Crippen LogP contribution is -2.63. The van der Waals surface area contributed by atoms with Gasteiger partial charge in [0.25, 0.3) is 5.91 Å². The second kappa shape index (κ2) is 9.32. The van der Waals surface area contributed by atoms with Crippen molar-refractivity contribution in [3.8, 4) is 11.5 Å². The predicted molar refractivity (Wildman–Crippen MR) is 123 cm³/mol. The van der Waals surface area contributed by atoms with Gasteiger partial charge >= 0.3 is 6.36 Å². The first-order chi connectivity index (χ1) is 16.6. The number of hydrogen-bond acceptors (Lipinski definition) is 4. The number of hydrogen-bond donors (Lipinski definition) is 1. The Labute approximate surface area is 200 Å². The minimum Gasteiger partial charge on any atom is -0.496 e. The number of alkyl halides is 3. The third-order valence-electron chi connectivity index (χ3n) is 5.93. The molecule has 35 heavy (non-hydrogen) atoms. The van der Waals surface area contributed by atoms with E-state index in [1.54, 1.807) is 37.3 Å². The third kappa shape index (κ3) is 4.94. The number of benzene rings is 3. The van der Waals surface area contributed by atoms with Crippen LogP contribution in [0.1, 0.15) is 28.4 Å². The zero-order valence-electron chi connectivity index (χ0n) is 19.1. The van der Waals surface area contributed by atoms with Crippen molar-refractivity contribution in [1.29, 1.82) is 0 Å². The molecule has 1 aliphatic heterocycles. The number of fused-ring (bicyclic) bond motifs is 1. The van der Waals surface area contributed by atoms with E-state index in [1.165, 1.54) is 24.1 Å². The van der Waals surface area contributed by atoms with E-state index in [0.717, 1.165) is 17.7 Å². The number of para-hydroxylation sites is 1. The van der Waals surface area contributed by atoms with E-state index < -0.39 is 29.5 Å². The van der Waals surface area contributed by atoms with Crippen LogP contribution in [0.25, 0.3) is 0 Å². The number of carbonyl (C=O) groups excluding carboxylic acids is 2. The van der Waals surface area contributed by atoms with E-state index in [1.807, 2.05) is 18.2 Å². The van der Waals surface area contributed by atoms with Crippen molar-refractivity contribution in [3.63, 3.8) is 0 Å². The van der Waals surface area contributed by atoms with Crippen LogP contribution in [0.4, 0.5) is 18.9 Å². The molecular formula is C26H23F3N2O4. The van der Waals surface area contributed by atoms with E-state index >= 15 is 0 Å². The fraction of sp³-hybridized carbons (Fsp3) is 0.231. The summed E-state index contributed by atoms with van der Waals surface area (Å²) in [6.07, 6.45) is -4.62. The van der Waals surface area contributed by atoms with Gasteiger partial charge in [0.15, 0.2) is 0 Å². The summed E-state index contributed by atoms with van der Waals surface area (Å²) in [5.41, 5.74) is 0.822. The summed E-state index contributed by atoms with van der Waals surface area (Å²) in [6.45, 7) is 1.80. The minimum atomic E-state index is -4.84. The van der Waals surface area contributed by atoms with Crippen LogP contribution < -0.4 is 19.7 Å². The molecule has 0 aliphatic carbocycles. The van der Waals surface area contributed by atoms with Crippen LogP contribution in [0, 0.1) is 0 Å². The topological polar surface area (TPSA) is 67.9 Å². The number of carbonyl (C=O) groups is 2. The summed E-state index contributed by atoms with van der Waals surface area (Å²) in [5, 5.41) is 2.89. The molecule has 1 heterocycles. The smallest absolute Gasteiger partial charge is 0.496 e. The molecule has 0 saturated carbocycles. The van der Waals surface area contributed by atoms with E-state index in [2.05, 4.69) is 10.1 Å². The standard InChI is InChI=1S/C26H23F3N2O4/c1-25(24(33)30-16-18-8-4-6-10-22(18)34-2)15-17-7-3-5-9-21(17)23(32)31(25)19-11-13-20(14-12-19)35-26(27,28)29/h3-14H,15-16H2,1-2H3,(H,30,33)/t25-/m1/s1. The third-order valence-corrected chi connectivity index (χ3v) is 5.93. The molecule has 3 aromatic carbocycles. The Morgan fingerprint density at radius 1 is 1.03 bits per heavy atom. The molecule has 182 valence electrons. The summed E-state index contributed by atoms with van der Waals surface area (Å²) < 4.78 is 47.0. The molecule has 1 atom stereocenters. The molecule has 0 bridgehead atoms. The SMILES string of the molecule is COc1ccccc1CNC(=O)[C@@]1(C)Cc2ccccc2C(=O)N1c1ccc(OC(F)(F)F)cc1. The highest BCUT2D eigenvalue weighted by molar-refractivity contribution is 6.14. The zero-order valence-corrected chi connectivity index (χ0v) is 19.1. The van der Waals surface area contributed by atoms with Gasteiger partial charge in [0.1, 0.15) is 17.0 Å². The minimum absolute atomic E-state index is 0.167. The molecule has 0 spiro atoms. The molecule has 9 heteroatoms. The normalized spacial score (nSPS) is 17.5. The number of methoxy groups -OCH3 is 1. The van der Waals surface area contributed by atoms with Crippen LogP contribution in [0.15, 0.2) is 72.8 Å². The fourth-order valence-corrected chi connectivity index (χ4v) is 4.27. The number of nitrogens with zero attached hydrogens (tertiary/aromatic N) is 1. The summed E-state index contributed by atoms with van der Waals surface area (Å²) >= 11 is 0. The van der Waals surface area contributed by atoms with Gasteiger partial charge in [-0.05, 0) is 48.9 Å². The molecule has 1 aliphatic rings. The van der Waals surface area contributed by atoms with Crippen molar-refractivity contribution in [2.75, 3.05) is 12.0 Å². The molecule has 3 aromatic rings. The van der Waals surface area contributed by atoms with E-state index in [9.17, 15) is 22.8 Å². The maximum atomic E-state index is 13.6. The van der Waals surface area contributed by atoms with E-state index in [-0.39, 0.29) is 18.7 Å². The highest BCUT2D eigenvalue weighted by atomic mass is 19.4. The van der Waals surface area contributed by atoms with Gasteiger partial charge in [-0.1, -0.05) is 36.4 Å². The quantitative estimate of drug-likeness (QED) is 0.542. The second-order valence-corrected chi connectivity index (χ2v) is 8.28. The van der Waals surface area contributed by atoms with Crippen molar-refractivity contribution in [3.05, 3.63) is 89.5 Å². The number of halogens is 3. The van der Waals surface area contributed by atoms with Gasteiger partial charge in [-0.2, -0.15) is 0 Å². The van der Waals surface area contributed by atoms with Gasteiger partial charge in [-0.15, -0.1) is 13.2 Å². The number of ether oxygens (including phenoxy) is 2. The van der Waals surface area contributed by atoms with E-state index in [0.29, 0.717) is 16.9 Å². The summed E-state index contributed by atoms with van der Waals surface area (Å²) in [4.78, 5) is 28.4. The van der Waals surface area contributed by atoms with Crippen molar-refractivity contribution in [2.45, 2.75) is 31.8 Å². The molecule has 0 unspecified atom stereocenters. The van der Waals surface area contributed by atoms with Crippen LogP contribution in [0.2, 0.25) is 0 Å². The van der Waals surface area contributed by atoms with Gasteiger partial charge in [-0.3, -0.25) is 14.5 Å². The summed E-state index contributed by atoms with van der Waals surface area (Å²) in [7, 11) is 1.53. The number of nitrogens with one attached hydrogen (secondary N) is 1. The van der Waals surface area contributed by atoms with Crippen LogP contribution in [0.3, 0.4) is 0 Å². The largest absolute Gasteiger partial charge is 0.573 e. The fourth-order valence-electron chi connectivity index (χ4n) is 4.27. The molecule has 0 aromatic heterocycles. The van der Waals surface area contributed by atoms with Crippen molar-refractivity contribution < 1.29 is 32.2 Å². The Hall–Kier alpha value is -4.01. The van der Waals surface area contributed by atoms with Crippen molar-refractivity contribution in [1.82, 2.24) is 5.32 Å². The zero-order chi connectivity index (χ0) is 25.2.